The Labute approximate surface area is 160 Å². The number of nitrogens with one attached hydrogen (secondary N) is 1. The molecule has 0 unspecified atom stereocenters. The second-order valence-corrected chi connectivity index (χ2v) is 8.39. The number of anilines is 1. The Balaban J connectivity index is 1.59. The molecule has 1 amide bonds. The molecule has 4 rings (SSSR count). The molecule has 1 aromatic heterocycles. The highest BCUT2D eigenvalue weighted by Gasteiger charge is 2.34. The molecule has 0 saturated carbocycles. The molecular formula is C19H20N2O5S. The van der Waals surface area contributed by atoms with Crippen molar-refractivity contribution in [3.8, 4) is 17.2 Å². The number of hydrogen-bond acceptors (Lipinski definition) is 7. The third kappa shape index (κ3) is 3.37. The summed E-state index contributed by atoms with van der Waals surface area (Å²) < 4.78 is 16.4. The standard InChI is InChI=1S/C19H20N2O5S/c1-19(2)8-11-16(12(22)9-19)27-18(20-11)21-17(23)10-6-13(24-3)15-14(7-10)25-4-5-26-15/h6-7H,4-5,8-9H2,1-3H3,(H,20,21,23). The Morgan fingerprint density at radius 3 is 2.81 bits per heavy atom. The van der Waals surface area contributed by atoms with Crippen LogP contribution in [0, 0.1) is 5.41 Å². The lowest BCUT2D eigenvalue weighted by atomic mass is 9.78. The van der Waals surface area contributed by atoms with Crippen molar-refractivity contribution in [2.45, 2.75) is 26.7 Å². The molecule has 7 nitrogen and oxygen atoms in total. The van der Waals surface area contributed by atoms with E-state index in [1.807, 2.05) is 13.8 Å². The van der Waals surface area contributed by atoms with Crippen molar-refractivity contribution in [3.63, 3.8) is 0 Å². The van der Waals surface area contributed by atoms with Crippen molar-refractivity contribution in [2.75, 3.05) is 25.6 Å². The first-order chi connectivity index (χ1) is 12.9. The lowest BCUT2D eigenvalue weighted by Crippen LogP contribution is -2.26. The molecule has 0 fully saturated rings. The van der Waals surface area contributed by atoms with Gasteiger partial charge in [0.15, 0.2) is 22.4 Å². The number of methoxy groups -OCH3 is 1. The number of rotatable bonds is 3. The van der Waals surface area contributed by atoms with Crippen LogP contribution in [0.1, 0.15) is 46.0 Å². The number of benzene rings is 1. The maximum absolute atomic E-state index is 12.7. The summed E-state index contributed by atoms with van der Waals surface area (Å²) in [5.74, 6) is 1.15. The zero-order valence-corrected chi connectivity index (χ0v) is 16.2. The van der Waals surface area contributed by atoms with Crippen LogP contribution in [-0.4, -0.2) is 37.0 Å². The van der Waals surface area contributed by atoms with Gasteiger partial charge in [-0.15, -0.1) is 0 Å². The molecule has 2 heterocycles. The summed E-state index contributed by atoms with van der Waals surface area (Å²) in [7, 11) is 1.51. The first-order valence-corrected chi connectivity index (χ1v) is 9.50. The number of carbonyl (C=O) groups is 2. The van der Waals surface area contributed by atoms with Crippen molar-refractivity contribution < 1.29 is 23.8 Å². The molecular weight excluding hydrogens is 368 g/mol. The van der Waals surface area contributed by atoms with Crippen LogP contribution in [0.2, 0.25) is 0 Å². The van der Waals surface area contributed by atoms with Gasteiger partial charge in [-0.1, -0.05) is 25.2 Å². The summed E-state index contributed by atoms with van der Waals surface area (Å²) >= 11 is 1.23. The van der Waals surface area contributed by atoms with Crippen molar-refractivity contribution in [1.29, 1.82) is 0 Å². The maximum atomic E-state index is 12.7. The smallest absolute Gasteiger partial charge is 0.257 e. The number of carbonyl (C=O) groups excluding carboxylic acids is 2. The third-order valence-corrected chi connectivity index (χ3v) is 5.60. The maximum Gasteiger partial charge on any atom is 0.257 e. The molecule has 2 aromatic rings. The van der Waals surface area contributed by atoms with Crippen molar-refractivity contribution in [3.05, 3.63) is 28.3 Å². The first-order valence-electron chi connectivity index (χ1n) is 8.68. The molecule has 1 aliphatic heterocycles. The molecule has 1 aliphatic carbocycles. The molecule has 142 valence electrons. The van der Waals surface area contributed by atoms with Crippen LogP contribution in [0.25, 0.3) is 0 Å². The van der Waals surface area contributed by atoms with E-state index in [1.54, 1.807) is 12.1 Å². The van der Waals surface area contributed by atoms with Gasteiger partial charge in [-0.25, -0.2) is 4.98 Å². The fourth-order valence-corrected chi connectivity index (χ4v) is 4.26. The van der Waals surface area contributed by atoms with E-state index in [0.29, 0.717) is 52.5 Å². The van der Waals surface area contributed by atoms with Gasteiger partial charge in [-0.05, 0) is 24.0 Å². The quantitative estimate of drug-likeness (QED) is 0.868. The third-order valence-electron chi connectivity index (χ3n) is 4.55. The number of ether oxygens (including phenoxy) is 3. The molecule has 1 N–H and O–H groups in total. The highest BCUT2D eigenvalue weighted by Crippen LogP contribution is 2.41. The Morgan fingerprint density at radius 1 is 1.26 bits per heavy atom. The van der Waals surface area contributed by atoms with E-state index in [-0.39, 0.29) is 17.1 Å². The van der Waals surface area contributed by atoms with E-state index in [2.05, 4.69) is 10.3 Å². The molecule has 0 saturated heterocycles. The number of amides is 1. The summed E-state index contributed by atoms with van der Waals surface area (Å²) in [5, 5.41) is 3.21. The number of nitrogens with zero attached hydrogens (tertiary/aromatic N) is 1. The first kappa shape index (κ1) is 17.8. The molecule has 0 atom stereocenters. The van der Waals surface area contributed by atoms with Crippen molar-refractivity contribution in [2.24, 2.45) is 5.41 Å². The second-order valence-electron chi connectivity index (χ2n) is 7.39. The minimum Gasteiger partial charge on any atom is -0.493 e. The van der Waals surface area contributed by atoms with E-state index >= 15 is 0 Å². The second kappa shape index (κ2) is 6.53. The zero-order chi connectivity index (χ0) is 19.2. The molecule has 2 aliphatic rings. The van der Waals surface area contributed by atoms with Gasteiger partial charge in [0.1, 0.15) is 13.2 Å². The van der Waals surface area contributed by atoms with Gasteiger partial charge >= 0.3 is 0 Å². The SMILES string of the molecule is COc1cc(C(=O)Nc2nc3c(s2)C(=O)CC(C)(C)C3)cc2c1OCCO2. The fraction of sp³-hybridized carbons (Fsp3) is 0.421. The van der Waals surface area contributed by atoms with Crippen LogP contribution in [0.3, 0.4) is 0 Å². The number of hydrogen-bond donors (Lipinski definition) is 1. The predicted molar refractivity (Wildman–Crippen MR) is 100 cm³/mol. The van der Waals surface area contributed by atoms with E-state index < -0.39 is 0 Å². The van der Waals surface area contributed by atoms with Crippen LogP contribution < -0.4 is 19.5 Å². The molecule has 1 aromatic carbocycles. The summed E-state index contributed by atoms with van der Waals surface area (Å²) in [6.07, 6.45) is 1.22. The molecule has 0 bridgehead atoms. The normalized spacial score (nSPS) is 17.2. The Kier molecular flexibility index (Phi) is 4.30. The van der Waals surface area contributed by atoms with Crippen LogP contribution in [0.15, 0.2) is 12.1 Å². The number of thiazole rings is 1. The topological polar surface area (TPSA) is 86.8 Å². The van der Waals surface area contributed by atoms with Crippen molar-refractivity contribution in [1.82, 2.24) is 4.98 Å². The minimum atomic E-state index is -0.344. The van der Waals surface area contributed by atoms with Crippen molar-refractivity contribution >= 4 is 28.2 Å². The van der Waals surface area contributed by atoms with Crippen LogP contribution in [0.4, 0.5) is 5.13 Å². The largest absolute Gasteiger partial charge is 0.493 e. The molecule has 0 spiro atoms. The number of Topliss-reactive ketones (excluding diaryl/α,β-unsaturated/α-hetero) is 1. The Morgan fingerprint density at radius 2 is 2.04 bits per heavy atom. The Hall–Kier alpha value is -2.61. The summed E-state index contributed by atoms with van der Waals surface area (Å²) in [6.45, 7) is 4.95. The highest BCUT2D eigenvalue weighted by molar-refractivity contribution is 7.17. The van der Waals surface area contributed by atoms with E-state index in [4.69, 9.17) is 14.2 Å². The average molecular weight is 388 g/mol. The van der Waals surface area contributed by atoms with E-state index in [1.165, 1.54) is 18.4 Å². The van der Waals surface area contributed by atoms with Crippen LogP contribution in [-0.2, 0) is 6.42 Å². The Bertz CT molecular complexity index is 917. The van der Waals surface area contributed by atoms with Crippen LogP contribution >= 0.6 is 11.3 Å². The number of ketones is 1. The fourth-order valence-electron chi connectivity index (χ4n) is 3.35. The molecule has 0 radical (unpaired) electrons. The lowest BCUT2D eigenvalue weighted by molar-refractivity contribution is 0.0915. The summed E-state index contributed by atoms with van der Waals surface area (Å²) in [5.41, 5.74) is 1.02. The van der Waals surface area contributed by atoms with Gasteiger partial charge in [0.25, 0.3) is 5.91 Å². The minimum absolute atomic E-state index is 0.0836. The van der Waals surface area contributed by atoms with Gasteiger partial charge in [0, 0.05) is 12.0 Å². The van der Waals surface area contributed by atoms with Gasteiger partial charge in [-0.2, -0.15) is 0 Å². The number of fused-ring (bicyclic) bond motifs is 2. The van der Waals surface area contributed by atoms with Gasteiger partial charge < -0.3 is 14.2 Å². The average Bonchev–Trinajstić information content (AvgIpc) is 3.02. The zero-order valence-electron chi connectivity index (χ0n) is 15.4. The number of aromatic nitrogens is 1. The predicted octanol–water partition coefficient (Wildman–Crippen LogP) is 3.33. The monoisotopic (exact) mass is 388 g/mol. The lowest BCUT2D eigenvalue weighted by Gasteiger charge is -2.26. The summed E-state index contributed by atoms with van der Waals surface area (Å²) in [6, 6.07) is 3.22. The molecule has 27 heavy (non-hydrogen) atoms. The summed E-state index contributed by atoms with van der Waals surface area (Å²) in [4.78, 5) is 30.1. The van der Waals surface area contributed by atoms with Crippen LogP contribution in [0.5, 0.6) is 17.2 Å². The van der Waals surface area contributed by atoms with E-state index in [9.17, 15) is 9.59 Å². The van der Waals surface area contributed by atoms with Gasteiger partial charge in [-0.3, -0.25) is 14.9 Å². The highest BCUT2D eigenvalue weighted by atomic mass is 32.1. The van der Waals surface area contributed by atoms with E-state index in [0.717, 1.165) is 12.1 Å². The molecule has 8 heteroatoms. The van der Waals surface area contributed by atoms with Gasteiger partial charge in [0.2, 0.25) is 5.75 Å². The van der Waals surface area contributed by atoms with Gasteiger partial charge in [0.05, 0.1) is 17.7 Å².